The largest absolute Gasteiger partial charge is 0.420 e. The molecule has 0 aliphatic carbocycles. The van der Waals surface area contributed by atoms with E-state index in [4.69, 9.17) is 16.0 Å². The van der Waals surface area contributed by atoms with Crippen LogP contribution in [0.2, 0.25) is 4.34 Å². The first-order valence-electron chi connectivity index (χ1n) is 7.61. The number of halogens is 1. The Labute approximate surface area is 151 Å². The molecule has 0 saturated carbocycles. The summed E-state index contributed by atoms with van der Waals surface area (Å²) in [6.07, 6.45) is 1.87. The average molecular weight is 380 g/mol. The van der Waals surface area contributed by atoms with Crippen molar-refractivity contribution in [3.8, 4) is 11.5 Å². The molecule has 1 unspecified atom stereocenters. The van der Waals surface area contributed by atoms with Crippen molar-refractivity contribution in [3.05, 3.63) is 44.1 Å². The molecule has 24 heavy (non-hydrogen) atoms. The number of thiophene rings is 2. The molecule has 0 aromatic carbocycles. The highest BCUT2D eigenvalue weighted by molar-refractivity contribution is 7.18. The van der Waals surface area contributed by atoms with Crippen LogP contribution < -0.4 is 0 Å². The zero-order valence-corrected chi connectivity index (χ0v) is 15.0. The molecule has 1 saturated heterocycles. The van der Waals surface area contributed by atoms with E-state index in [1.54, 1.807) is 23.5 Å². The van der Waals surface area contributed by atoms with E-state index >= 15 is 0 Å². The third kappa shape index (κ3) is 3.11. The van der Waals surface area contributed by atoms with E-state index in [9.17, 15) is 4.79 Å². The fraction of sp³-hybridized carbons (Fsp3) is 0.312. The highest BCUT2D eigenvalue weighted by Crippen LogP contribution is 2.31. The van der Waals surface area contributed by atoms with Gasteiger partial charge in [0.15, 0.2) is 0 Å². The van der Waals surface area contributed by atoms with Crippen LogP contribution in [0.25, 0.3) is 11.5 Å². The maximum Gasteiger partial charge on any atom is 0.263 e. The molecule has 1 atom stereocenters. The van der Waals surface area contributed by atoms with Gasteiger partial charge in [-0.2, -0.15) is 11.3 Å². The molecule has 1 aliphatic heterocycles. The first-order chi connectivity index (χ1) is 11.7. The van der Waals surface area contributed by atoms with Crippen molar-refractivity contribution in [2.75, 3.05) is 13.1 Å². The fourth-order valence-electron chi connectivity index (χ4n) is 2.85. The van der Waals surface area contributed by atoms with Gasteiger partial charge in [0.1, 0.15) is 0 Å². The third-order valence-electron chi connectivity index (χ3n) is 4.05. The van der Waals surface area contributed by atoms with Crippen molar-refractivity contribution in [1.29, 1.82) is 0 Å². The fourth-order valence-corrected chi connectivity index (χ4v) is 4.49. The Morgan fingerprint density at radius 3 is 3.00 bits per heavy atom. The van der Waals surface area contributed by atoms with E-state index in [0.717, 1.165) is 24.9 Å². The topological polar surface area (TPSA) is 59.2 Å². The Kier molecular flexibility index (Phi) is 4.39. The maximum atomic E-state index is 12.6. The number of nitrogens with zero attached hydrogens (tertiary/aromatic N) is 3. The number of rotatable bonds is 3. The van der Waals surface area contributed by atoms with Crippen LogP contribution in [0.15, 0.2) is 33.4 Å². The van der Waals surface area contributed by atoms with Crippen LogP contribution in [0.3, 0.4) is 0 Å². The van der Waals surface area contributed by atoms with E-state index in [0.29, 0.717) is 27.5 Å². The minimum Gasteiger partial charge on any atom is -0.420 e. The first kappa shape index (κ1) is 15.8. The molecule has 4 rings (SSSR count). The minimum absolute atomic E-state index is 0.0224. The van der Waals surface area contributed by atoms with Gasteiger partial charge in [-0.25, -0.2) is 0 Å². The van der Waals surface area contributed by atoms with Crippen LogP contribution in [-0.4, -0.2) is 34.1 Å². The Hall–Kier alpha value is -1.70. The SMILES string of the molecule is O=C(c1ccc(Cl)s1)N1CCCC(c2nnc(-c3ccsc3)o2)C1. The lowest BCUT2D eigenvalue weighted by molar-refractivity contribution is 0.0703. The Balaban J connectivity index is 1.50. The summed E-state index contributed by atoms with van der Waals surface area (Å²) >= 11 is 8.84. The molecule has 3 aromatic rings. The lowest BCUT2D eigenvalue weighted by Crippen LogP contribution is -2.38. The van der Waals surface area contributed by atoms with E-state index < -0.39 is 0 Å². The number of carbonyl (C=O) groups excluding carboxylic acids is 1. The second-order valence-corrected chi connectivity index (χ2v) is 8.15. The standard InChI is InChI=1S/C16H14ClN3O2S2/c17-13-4-3-12(24-13)16(21)20-6-1-2-10(8-20)14-18-19-15(22-14)11-5-7-23-9-11/h3-5,7,9-10H,1-2,6,8H2. The maximum absolute atomic E-state index is 12.6. The summed E-state index contributed by atoms with van der Waals surface area (Å²) in [5, 5.41) is 12.3. The molecule has 0 N–H and O–H groups in total. The molecule has 0 spiro atoms. The van der Waals surface area contributed by atoms with E-state index in [-0.39, 0.29) is 11.8 Å². The third-order valence-corrected chi connectivity index (χ3v) is 5.95. The van der Waals surface area contributed by atoms with Crippen LogP contribution in [-0.2, 0) is 0 Å². The van der Waals surface area contributed by atoms with Crippen LogP contribution >= 0.6 is 34.3 Å². The molecule has 8 heteroatoms. The van der Waals surface area contributed by atoms with E-state index in [1.165, 1.54) is 11.3 Å². The van der Waals surface area contributed by atoms with Crippen molar-refractivity contribution in [2.45, 2.75) is 18.8 Å². The molecule has 5 nitrogen and oxygen atoms in total. The van der Waals surface area contributed by atoms with E-state index in [2.05, 4.69) is 10.2 Å². The average Bonchev–Trinajstić information content (AvgIpc) is 3.35. The summed E-state index contributed by atoms with van der Waals surface area (Å²) in [4.78, 5) is 15.1. The normalized spacial score (nSPS) is 18.0. The number of likely N-dealkylation sites (tertiary alicyclic amines) is 1. The molecular weight excluding hydrogens is 366 g/mol. The number of carbonyl (C=O) groups is 1. The highest BCUT2D eigenvalue weighted by atomic mass is 35.5. The van der Waals surface area contributed by atoms with Gasteiger partial charge in [0.25, 0.3) is 5.91 Å². The molecule has 1 amide bonds. The summed E-state index contributed by atoms with van der Waals surface area (Å²) < 4.78 is 6.46. The second kappa shape index (κ2) is 6.66. The van der Waals surface area contributed by atoms with Gasteiger partial charge in [-0.05, 0) is 36.4 Å². The number of piperidine rings is 1. The Morgan fingerprint density at radius 2 is 2.25 bits per heavy atom. The molecule has 0 bridgehead atoms. The summed E-state index contributed by atoms with van der Waals surface area (Å²) in [5.41, 5.74) is 0.940. The van der Waals surface area contributed by atoms with Crippen molar-refractivity contribution < 1.29 is 9.21 Å². The van der Waals surface area contributed by atoms with Gasteiger partial charge in [-0.1, -0.05) is 11.6 Å². The van der Waals surface area contributed by atoms with Gasteiger partial charge >= 0.3 is 0 Å². The van der Waals surface area contributed by atoms with E-state index in [1.807, 2.05) is 21.7 Å². The molecule has 124 valence electrons. The van der Waals surface area contributed by atoms with Gasteiger partial charge in [-0.15, -0.1) is 21.5 Å². The van der Waals surface area contributed by atoms with Crippen molar-refractivity contribution in [1.82, 2.24) is 15.1 Å². The summed E-state index contributed by atoms with van der Waals surface area (Å²) in [6, 6.07) is 5.49. The van der Waals surface area contributed by atoms with Gasteiger partial charge in [0.05, 0.1) is 15.1 Å². The van der Waals surface area contributed by atoms with Crippen LogP contribution in [0.5, 0.6) is 0 Å². The first-order valence-corrected chi connectivity index (χ1v) is 9.75. The smallest absolute Gasteiger partial charge is 0.263 e. The van der Waals surface area contributed by atoms with Gasteiger partial charge in [0.2, 0.25) is 11.8 Å². The zero-order valence-electron chi connectivity index (χ0n) is 12.6. The lowest BCUT2D eigenvalue weighted by Gasteiger charge is -2.30. The second-order valence-electron chi connectivity index (χ2n) is 5.65. The molecule has 1 aliphatic rings. The van der Waals surface area contributed by atoms with Crippen LogP contribution in [0.4, 0.5) is 0 Å². The predicted molar refractivity (Wildman–Crippen MR) is 94.8 cm³/mol. The van der Waals surface area contributed by atoms with Crippen molar-refractivity contribution in [2.24, 2.45) is 0 Å². The number of hydrogen-bond acceptors (Lipinski definition) is 6. The quantitative estimate of drug-likeness (QED) is 0.670. The molecular formula is C16H14ClN3O2S2. The predicted octanol–water partition coefficient (Wildman–Crippen LogP) is 4.53. The number of aromatic nitrogens is 2. The monoisotopic (exact) mass is 379 g/mol. The van der Waals surface area contributed by atoms with Crippen LogP contribution in [0.1, 0.15) is 34.3 Å². The minimum atomic E-state index is 0.0224. The van der Waals surface area contributed by atoms with Gasteiger partial charge in [-0.3, -0.25) is 4.79 Å². The zero-order chi connectivity index (χ0) is 16.5. The van der Waals surface area contributed by atoms with Crippen molar-refractivity contribution >= 4 is 40.2 Å². The Morgan fingerprint density at radius 1 is 1.33 bits per heavy atom. The summed E-state index contributed by atoms with van der Waals surface area (Å²) in [5.74, 6) is 1.25. The number of amides is 1. The van der Waals surface area contributed by atoms with Crippen LogP contribution in [0, 0.1) is 0 Å². The summed E-state index contributed by atoms with van der Waals surface area (Å²) in [7, 11) is 0. The molecule has 4 heterocycles. The molecule has 3 aromatic heterocycles. The van der Waals surface area contributed by atoms with Gasteiger partial charge in [0, 0.05) is 24.0 Å². The van der Waals surface area contributed by atoms with Crippen molar-refractivity contribution in [3.63, 3.8) is 0 Å². The highest BCUT2D eigenvalue weighted by Gasteiger charge is 2.29. The molecule has 0 radical (unpaired) electrons. The Bertz CT molecular complexity index is 843. The summed E-state index contributed by atoms with van der Waals surface area (Å²) in [6.45, 7) is 1.34. The van der Waals surface area contributed by atoms with Gasteiger partial charge < -0.3 is 9.32 Å². The number of hydrogen-bond donors (Lipinski definition) is 0. The molecule has 1 fully saturated rings. The lowest BCUT2D eigenvalue weighted by atomic mass is 9.98.